The molecule has 2 heteroatoms. The zero-order valence-corrected chi connectivity index (χ0v) is 13.8. The fourth-order valence-electron chi connectivity index (χ4n) is 3.00. The van der Waals surface area contributed by atoms with E-state index in [9.17, 15) is 0 Å². The summed E-state index contributed by atoms with van der Waals surface area (Å²) in [5.74, 6) is 0.966. The molecule has 1 atom stereocenters. The van der Waals surface area contributed by atoms with Gasteiger partial charge in [0.15, 0.2) is 0 Å². The number of ether oxygens (including phenoxy) is 1. The predicted octanol–water partition coefficient (Wildman–Crippen LogP) is 4.91. The van der Waals surface area contributed by atoms with E-state index in [2.05, 4.69) is 91.8 Å². The van der Waals surface area contributed by atoms with Gasteiger partial charge in [-0.05, 0) is 31.1 Å². The minimum absolute atomic E-state index is 0.367. The zero-order chi connectivity index (χ0) is 16.1. The van der Waals surface area contributed by atoms with E-state index in [4.69, 9.17) is 4.74 Å². The topological polar surface area (TPSA) is 12.5 Å². The molecule has 3 aromatic carbocycles. The largest absolute Gasteiger partial charge is 0.493 e. The third-order valence-electron chi connectivity index (χ3n) is 4.21. The highest BCUT2D eigenvalue weighted by Gasteiger charge is 2.14. The average molecular weight is 304 g/mol. The lowest BCUT2D eigenvalue weighted by atomic mass is 10.0. The molecule has 0 heterocycles. The molecular formula is C21H23NO. The van der Waals surface area contributed by atoms with Gasteiger partial charge >= 0.3 is 0 Å². The minimum atomic E-state index is 0.367. The monoisotopic (exact) mass is 304 g/mol. The van der Waals surface area contributed by atoms with Gasteiger partial charge in [0.2, 0.25) is 0 Å². The van der Waals surface area contributed by atoms with Crippen molar-refractivity contribution >= 4 is 10.8 Å². The van der Waals surface area contributed by atoms with Crippen LogP contribution >= 0.6 is 0 Å². The molecule has 3 rings (SSSR count). The molecule has 3 aromatic rings. The van der Waals surface area contributed by atoms with Gasteiger partial charge in [-0.3, -0.25) is 0 Å². The quantitative estimate of drug-likeness (QED) is 0.641. The lowest BCUT2D eigenvalue weighted by Gasteiger charge is -2.25. The van der Waals surface area contributed by atoms with Crippen molar-refractivity contribution in [1.29, 1.82) is 0 Å². The maximum absolute atomic E-state index is 6.09. The Bertz CT molecular complexity index is 747. The standard InChI is InChI=1S/C21H23NO/c1-22(2)20(18-10-4-3-5-11-18)15-16-23-21-14-8-12-17-9-6-7-13-19(17)21/h3-14,20H,15-16H2,1-2H3/t20-/m0/s1/i1-1. The first-order valence-electron chi connectivity index (χ1n) is 8.07. The summed E-state index contributed by atoms with van der Waals surface area (Å²) in [4.78, 5) is 2.25. The maximum atomic E-state index is 6.09. The first kappa shape index (κ1) is 15.6. The van der Waals surface area contributed by atoms with E-state index in [-0.39, 0.29) is 0 Å². The summed E-state index contributed by atoms with van der Waals surface area (Å²) >= 11 is 0. The molecule has 0 bridgehead atoms. The molecule has 0 aliphatic carbocycles. The van der Waals surface area contributed by atoms with E-state index in [1.165, 1.54) is 16.3 Å². The van der Waals surface area contributed by atoms with Gasteiger partial charge in [-0.15, -0.1) is 0 Å². The second-order valence-electron chi connectivity index (χ2n) is 6.00. The van der Waals surface area contributed by atoms with Crippen molar-refractivity contribution in [2.24, 2.45) is 0 Å². The van der Waals surface area contributed by atoms with Gasteiger partial charge in [-0.1, -0.05) is 66.7 Å². The van der Waals surface area contributed by atoms with Crippen LogP contribution in [-0.4, -0.2) is 25.6 Å². The summed E-state index contributed by atoms with van der Waals surface area (Å²) in [7, 11) is 4.24. The van der Waals surface area contributed by atoms with Crippen LogP contribution in [0.4, 0.5) is 0 Å². The van der Waals surface area contributed by atoms with Gasteiger partial charge in [-0.2, -0.15) is 0 Å². The molecule has 0 N–H and O–H groups in total. The van der Waals surface area contributed by atoms with Crippen molar-refractivity contribution in [2.45, 2.75) is 12.5 Å². The van der Waals surface area contributed by atoms with E-state index in [1.54, 1.807) is 0 Å². The Balaban J connectivity index is 1.70. The Morgan fingerprint density at radius 1 is 0.826 bits per heavy atom. The molecular weight excluding hydrogens is 281 g/mol. The second kappa shape index (κ2) is 7.30. The summed E-state index contributed by atoms with van der Waals surface area (Å²) in [6, 6.07) is 25.6. The van der Waals surface area contributed by atoms with Gasteiger partial charge < -0.3 is 9.64 Å². The highest BCUT2D eigenvalue weighted by molar-refractivity contribution is 5.88. The lowest BCUT2D eigenvalue weighted by molar-refractivity contribution is 0.225. The predicted molar refractivity (Wildman–Crippen MR) is 96.9 cm³/mol. The molecule has 0 aliphatic heterocycles. The summed E-state index contributed by atoms with van der Waals surface area (Å²) in [6.07, 6.45) is 0.959. The van der Waals surface area contributed by atoms with E-state index in [0.29, 0.717) is 12.6 Å². The van der Waals surface area contributed by atoms with Crippen LogP contribution in [0.25, 0.3) is 10.8 Å². The third-order valence-corrected chi connectivity index (χ3v) is 4.21. The summed E-state index contributed by atoms with van der Waals surface area (Å²) in [6.45, 7) is 0.700. The highest BCUT2D eigenvalue weighted by Crippen LogP contribution is 2.27. The number of hydrogen-bond acceptors (Lipinski definition) is 2. The first-order chi connectivity index (χ1) is 11.3. The highest BCUT2D eigenvalue weighted by atomic mass is 16.5. The Labute approximate surface area is 138 Å². The van der Waals surface area contributed by atoms with Crippen molar-refractivity contribution in [1.82, 2.24) is 4.90 Å². The molecule has 0 amide bonds. The van der Waals surface area contributed by atoms with Crippen LogP contribution in [0.5, 0.6) is 5.75 Å². The van der Waals surface area contributed by atoms with Crippen LogP contribution in [0.2, 0.25) is 0 Å². The number of benzene rings is 3. The SMILES string of the molecule is CN([11CH3])[C@@H](CCOc1cccc2ccccc12)c1ccccc1. The molecule has 118 valence electrons. The molecule has 0 saturated carbocycles. The van der Waals surface area contributed by atoms with Crippen molar-refractivity contribution in [3.8, 4) is 5.75 Å². The molecule has 0 aromatic heterocycles. The molecule has 0 fully saturated rings. The third kappa shape index (κ3) is 3.72. The number of fused-ring (bicyclic) bond motifs is 1. The molecule has 0 radical (unpaired) electrons. The lowest BCUT2D eigenvalue weighted by Crippen LogP contribution is -2.22. The van der Waals surface area contributed by atoms with Gasteiger partial charge in [0, 0.05) is 17.8 Å². The van der Waals surface area contributed by atoms with Crippen molar-refractivity contribution in [3.63, 3.8) is 0 Å². The van der Waals surface area contributed by atoms with Crippen LogP contribution in [0.15, 0.2) is 72.8 Å². The second-order valence-corrected chi connectivity index (χ2v) is 6.00. The summed E-state index contributed by atoms with van der Waals surface area (Å²) < 4.78 is 6.09. The maximum Gasteiger partial charge on any atom is 0.127 e. The zero-order valence-electron chi connectivity index (χ0n) is 13.8. The molecule has 0 aliphatic rings. The van der Waals surface area contributed by atoms with Gasteiger partial charge in [0.05, 0.1) is 6.61 Å². The number of nitrogens with zero attached hydrogens (tertiary/aromatic N) is 1. The van der Waals surface area contributed by atoms with Crippen molar-refractivity contribution in [2.75, 3.05) is 20.7 Å². The van der Waals surface area contributed by atoms with E-state index < -0.39 is 0 Å². The van der Waals surface area contributed by atoms with Gasteiger partial charge in [0.1, 0.15) is 5.75 Å². The van der Waals surface area contributed by atoms with Crippen LogP contribution in [0, 0.1) is 0 Å². The average Bonchev–Trinajstić information content (AvgIpc) is 2.59. The van der Waals surface area contributed by atoms with Crippen LogP contribution in [-0.2, 0) is 0 Å². The summed E-state index contributed by atoms with van der Waals surface area (Å²) in [5.41, 5.74) is 1.33. The first-order valence-corrected chi connectivity index (χ1v) is 8.07. The molecule has 0 unspecified atom stereocenters. The van der Waals surface area contributed by atoms with Gasteiger partial charge in [-0.25, -0.2) is 0 Å². The van der Waals surface area contributed by atoms with Crippen LogP contribution < -0.4 is 4.74 Å². The van der Waals surface area contributed by atoms with E-state index in [1.807, 2.05) is 0 Å². The smallest absolute Gasteiger partial charge is 0.127 e. The van der Waals surface area contributed by atoms with Crippen LogP contribution in [0.1, 0.15) is 18.0 Å². The Kier molecular flexibility index (Phi) is 4.94. The Hall–Kier alpha value is -2.32. The van der Waals surface area contributed by atoms with E-state index in [0.717, 1.165) is 12.2 Å². The normalized spacial score (nSPS) is 12.5. The number of hydrogen-bond donors (Lipinski definition) is 0. The van der Waals surface area contributed by atoms with E-state index >= 15 is 0 Å². The molecule has 2 nitrogen and oxygen atoms in total. The minimum Gasteiger partial charge on any atom is -0.493 e. The summed E-state index contributed by atoms with van der Waals surface area (Å²) in [5, 5.41) is 2.40. The molecule has 23 heavy (non-hydrogen) atoms. The Morgan fingerprint density at radius 2 is 1.52 bits per heavy atom. The van der Waals surface area contributed by atoms with Gasteiger partial charge in [0.25, 0.3) is 0 Å². The molecule has 0 saturated heterocycles. The molecule has 0 spiro atoms. The fraction of sp³-hybridized carbons (Fsp3) is 0.238. The van der Waals surface area contributed by atoms with Crippen molar-refractivity contribution in [3.05, 3.63) is 78.4 Å². The van der Waals surface area contributed by atoms with Crippen molar-refractivity contribution < 1.29 is 4.74 Å². The number of rotatable bonds is 6. The Morgan fingerprint density at radius 3 is 2.30 bits per heavy atom. The van der Waals surface area contributed by atoms with Crippen LogP contribution in [0.3, 0.4) is 0 Å². The fourth-order valence-corrected chi connectivity index (χ4v) is 3.00.